The molecule has 1 amide bonds. The van der Waals surface area contributed by atoms with Gasteiger partial charge in [0.2, 0.25) is 0 Å². The number of hydrogen-bond donors (Lipinski definition) is 1. The number of carbonyl (C=O) groups is 1. The van der Waals surface area contributed by atoms with Crippen LogP contribution in [0.2, 0.25) is 5.02 Å². The lowest BCUT2D eigenvalue weighted by molar-refractivity contribution is -0.122. The summed E-state index contributed by atoms with van der Waals surface area (Å²) in [5, 5.41) is 3.42. The number of rotatable bonds is 4. The van der Waals surface area contributed by atoms with Gasteiger partial charge in [-0.3, -0.25) is 4.79 Å². The molecule has 0 spiro atoms. The predicted octanol–water partition coefficient (Wildman–Crippen LogP) is 3.50. The Morgan fingerprint density at radius 3 is 2.48 bits per heavy atom. The average molecular weight is 328 g/mol. The predicted molar refractivity (Wildman–Crippen MR) is 92.8 cm³/mol. The van der Waals surface area contributed by atoms with Gasteiger partial charge >= 0.3 is 0 Å². The van der Waals surface area contributed by atoms with Crippen LogP contribution >= 0.6 is 11.6 Å². The van der Waals surface area contributed by atoms with Crippen LogP contribution < -0.4 is 10.1 Å². The number of aryl methyl sites for hydroxylation is 2. The average Bonchev–Trinajstić information content (AvgIpc) is 2.55. The minimum absolute atomic E-state index is 0.0481. The van der Waals surface area contributed by atoms with Gasteiger partial charge in [0, 0.05) is 10.6 Å². The van der Waals surface area contributed by atoms with Crippen molar-refractivity contribution in [3.63, 3.8) is 0 Å². The van der Waals surface area contributed by atoms with Gasteiger partial charge in [0.15, 0.2) is 6.61 Å². The molecule has 0 aliphatic rings. The molecule has 4 heteroatoms. The lowest BCUT2D eigenvalue weighted by Gasteiger charge is -2.09. The smallest absolute Gasteiger partial charge is 0.258 e. The topological polar surface area (TPSA) is 38.3 Å². The standard InChI is InChI=1S/C19H18ClNO2/c1-14-11-17(12-15(2)19(14)20)23-13-18(22)21-10-6-9-16-7-4-3-5-8-16/h3-5,7-8,11-12H,10,13H2,1-2H3,(H,21,22). The molecule has 0 unspecified atom stereocenters. The van der Waals surface area contributed by atoms with Gasteiger partial charge in [-0.15, -0.1) is 0 Å². The van der Waals surface area contributed by atoms with Crippen LogP contribution in [0.4, 0.5) is 0 Å². The van der Waals surface area contributed by atoms with E-state index in [-0.39, 0.29) is 19.1 Å². The van der Waals surface area contributed by atoms with Crippen LogP contribution in [0.3, 0.4) is 0 Å². The Labute approximate surface area is 141 Å². The lowest BCUT2D eigenvalue weighted by atomic mass is 10.1. The fourth-order valence-corrected chi connectivity index (χ4v) is 2.11. The number of ether oxygens (including phenoxy) is 1. The summed E-state index contributed by atoms with van der Waals surface area (Å²) < 4.78 is 5.48. The number of carbonyl (C=O) groups excluding carboxylic acids is 1. The molecule has 2 rings (SSSR count). The molecule has 118 valence electrons. The maximum absolute atomic E-state index is 11.7. The van der Waals surface area contributed by atoms with Crippen LogP contribution in [0.15, 0.2) is 42.5 Å². The molecule has 0 heterocycles. The minimum atomic E-state index is -0.211. The minimum Gasteiger partial charge on any atom is -0.484 e. The molecular weight excluding hydrogens is 310 g/mol. The first-order chi connectivity index (χ1) is 11.1. The van der Waals surface area contributed by atoms with Gasteiger partial charge in [-0.2, -0.15) is 0 Å². The Kier molecular flexibility index (Phi) is 6.08. The molecule has 0 radical (unpaired) electrons. The fraction of sp³-hybridized carbons (Fsp3) is 0.211. The third-order valence-electron chi connectivity index (χ3n) is 3.16. The molecule has 0 saturated carbocycles. The number of hydrogen-bond acceptors (Lipinski definition) is 2. The van der Waals surface area contributed by atoms with Gasteiger partial charge in [0.25, 0.3) is 5.91 Å². The molecule has 0 bridgehead atoms. The Bertz CT molecular complexity index is 722. The molecule has 1 N–H and O–H groups in total. The van der Waals surface area contributed by atoms with E-state index in [0.717, 1.165) is 21.7 Å². The second kappa shape index (κ2) is 8.26. The van der Waals surface area contributed by atoms with Crippen LogP contribution in [-0.4, -0.2) is 19.1 Å². The van der Waals surface area contributed by atoms with Crippen molar-refractivity contribution in [2.45, 2.75) is 13.8 Å². The summed E-state index contributed by atoms with van der Waals surface area (Å²) in [6.07, 6.45) is 0. The molecule has 3 nitrogen and oxygen atoms in total. The van der Waals surface area contributed by atoms with E-state index in [1.165, 1.54) is 0 Å². The molecule has 23 heavy (non-hydrogen) atoms. The molecule has 0 aliphatic heterocycles. The Balaban J connectivity index is 1.79. The van der Waals surface area contributed by atoms with Crippen molar-refractivity contribution >= 4 is 17.5 Å². The van der Waals surface area contributed by atoms with Crippen molar-refractivity contribution in [1.29, 1.82) is 0 Å². The fourth-order valence-electron chi connectivity index (χ4n) is 2.00. The van der Waals surface area contributed by atoms with Crippen molar-refractivity contribution in [1.82, 2.24) is 5.32 Å². The number of halogens is 1. The first kappa shape index (κ1) is 16.9. The van der Waals surface area contributed by atoms with E-state index < -0.39 is 0 Å². The maximum Gasteiger partial charge on any atom is 0.258 e. The summed E-state index contributed by atoms with van der Waals surface area (Å²) in [5.41, 5.74) is 2.77. The van der Waals surface area contributed by atoms with Crippen molar-refractivity contribution < 1.29 is 9.53 Å². The van der Waals surface area contributed by atoms with Gasteiger partial charge in [0.1, 0.15) is 5.75 Å². The summed E-state index contributed by atoms with van der Waals surface area (Å²) in [4.78, 5) is 11.7. The first-order valence-corrected chi connectivity index (χ1v) is 7.64. The van der Waals surface area contributed by atoms with E-state index in [9.17, 15) is 4.79 Å². The highest BCUT2D eigenvalue weighted by Gasteiger charge is 2.05. The largest absolute Gasteiger partial charge is 0.484 e. The second-order valence-corrected chi connectivity index (χ2v) is 5.48. The van der Waals surface area contributed by atoms with Crippen LogP contribution in [0, 0.1) is 25.7 Å². The molecule has 2 aromatic carbocycles. The Hall–Kier alpha value is -2.44. The van der Waals surface area contributed by atoms with E-state index in [1.54, 1.807) is 0 Å². The van der Waals surface area contributed by atoms with Crippen molar-refractivity contribution in [3.05, 3.63) is 64.2 Å². The zero-order chi connectivity index (χ0) is 16.7. The SMILES string of the molecule is Cc1cc(OCC(=O)NCC#Cc2ccccc2)cc(C)c1Cl. The number of nitrogens with one attached hydrogen (secondary N) is 1. The number of amides is 1. The second-order valence-electron chi connectivity index (χ2n) is 5.10. The van der Waals surface area contributed by atoms with Gasteiger partial charge in [-0.05, 0) is 49.2 Å². The summed E-state index contributed by atoms with van der Waals surface area (Å²) in [6, 6.07) is 13.3. The molecule has 2 aromatic rings. The van der Waals surface area contributed by atoms with Gasteiger partial charge < -0.3 is 10.1 Å². The highest BCUT2D eigenvalue weighted by atomic mass is 35.5. The molecule has 0 saturated heterocycles. The van der Waals surface area contributed by atoms with Crippen molar-refractivity contribution in [2.75, 3.05) is 13.2 Å². The van der Waals surface area contributed by atoms with Crippen molar-refractivity contribution in [2.24, 2.45) is 0 Å². The van der Waals surface area contributed by atoms with E-state index >= 15 is 0 Å². The monoisotopic (exact) mass is 327 g/mol. The van der Waals surface area contributed by atoms with E-state index in [4.69, 9.17) is 16.3 Å². The maximum atomic E-state index is 11.7. The highest BCUT2D eigenvalue weighted by Crippen LogP contribution is 2.25. The zero-order valence-corrected chi connectivity index (χ0v) is 13.9. The normalized spacial score (nSPS) is 9.70. The van der Waals surface area contributed by atoms with Crippen LogP contribution in [-0.2, 0) is 4.79 Å². The summed E-state index contributed by atoms with van der Waals surface area (Å²) >= 11 is 6.10. The van der Waals surface area contributed by atoms with Gasteiger partial charge in [-0.25, -0.2) is 0 Å². The summed E-state index contributed by atoms with van der Waals surface area (Å²) in [5.74, 6) is 6.30. The molecule has 0 aliphatic carbocycles. The van der Waals surface area contributed by atoms with Gasteiger partial charge in [0.05, 0.1) is 6.54 Å². The lowest BCUT2D eigenvalue weighted by Crippen LogP contribution is -2.29. The Morgan fingerprint density at radius 2 is 1.83 bits per heavy atom. The summed E-state index contributed by atoms with van der Waals surface area (Å²) in [7, 11) is 0. The van der Waals surface area contributed by atoms with E-state index in [0.29, 0.717) is 5.75 Å². The van der Waals surface area contributed by atoms with Crippen molar-refractivity contribution in [3.8, 4) is 17.6 Å². The third kappa shape index (κ3) is 5.36. The molecule has 0 atom stereocenters. The quantitative estimate of drug-likeness (QED) is 0.873. The van der Waals surface area contributed by atoms with E-state index in [1.807, 2.05) is 56.3 Å². The van der Waals surface area contributed by atoms with Crippen LogP contribution in [0.1, 0.15) is 16.7 Å². The van der Waals surface area contributed by atoms with Gasteiger partial charge in [-0.1, -0.05) is 41.6 Å². The highest BCUT2D eigenvalue weighted by molar-refractivity contribution is 6.32. The third-order valence-corrected chi connectivity index (χ3v) is 3.76. The molecule has 0 aromatic heterocycles. The Morgan fingerprint density at radius 1 is 1.17 bits per heavy atom. The zero-order valence-electron chi connectivity index (χ0n) is 13.2. The van der Waals surface area contributed by atoms with Crippen LogP contribution in [0.5, 0.6) is 5.75 Å². The summed E-state index contributed by atoms with van der Waals surface area (Å²) in [6.45, 7) is 4.05. The molecule has 0 fully saturated rings. The number of benzene rings is 2. The molecular formula is C19H18ClNO2. The van der Waals surface area contributed by atoms with E-state index in [2.05, 4.69) is 17.2 Å². The first-order valence-electron chi connectivity index (χ1n) is 7.26. The van der Waals surface area contributed by atoms with Crippen LogP contribution in [0.25, 0.3) is 0 Å².